The molecule has 3 heterocycles. The Bertz CT molecular complexity index is 945. The van der Waals surface area contributed by atoms with Gasteiger partial charge in [0.05, 0.1) is 25.5 Å². The molecule has 14 heteroatoms. The zero-order chi connectivity index (χ0) is 20.5. The van der Waals surface area contributed by atoms with Crippen LogP contribution in [0, 0.1) is 0 Å². The lowest BCUT2D eigenvalue weighted by Crippen LogP contribution is -2.30. The highest BCUT2D eigenvalue weighted by molar-refractivity contribution is 7.89. The minimum atomic E-state index is -4.53. The van der Waals surface area contributed by atoms with Crippen LogP contribution in [-0.2, 0) is 39.2 Å². The van der Waals surface area contributed by atoms with E-state index in [-0.39, 0.29) is 38.8 Å². The molecule has 0 radical (unpaired) electrons. The summed E-state index contributed by atoms with van der Waals surface area (Å²) in [5.41, 5.74) is 0.850. The van der Waals surface area contributed by atoms with E-state index in [1.54, 1.807) is 0 Å². The van der Waals surface area contributed by atoms with Crippen LogP contribution in [0.25, 0.3) is 0 Å². The summed E-state index contributed by atoms with van der Waals surface area (Å²) in [6.07, 6.45) is -2.41. The average molecular weight is 423 g/mol. The Morgan fingerprint density at radius 2 is 2.04 bits per heavy atom. The highest BCUT2D eigenvalue weighted by atomic mass is 32.2. The van der Waals surface area contributed by atoms with E-state index in [1.807, 2.05) is 0 Å². The van der Waals surface area contributed by atoms with Crippen LogP contribution < -0.4 is 0 Å². The molecule has 1 aliphatic heterocycles. The molecule has 3 rings (SSSR count). The van der Waals surface area contributed by atoms with Crippen molar-refractivity contribution in [3.8, 4) is 0 Å². The highest BCUT2D eigenvalue weighted by Crippen LogP contribution is 2.24. The number of hydrogen-bond acceptors (Lipinski definition) is 7. The van der Waals surface area contributed by atoms with Crippen molar-refractivity contribution < 1.29 is 36.2 Å². The molecule has 28 heavy (non-hydrogen) atoms. The Morgan fingerprint density at radius 3 is 2.68 bits per heavy atom. The van der Waals surface area contributed by atoms with Gasteiger partial charge in [-0.1, -0.05) is 0 Å². The molecule has 2 aromatic rings. The number of nitrogens with zero attached hydrogens (tertiary/aromatic N) is 5. The van der Waals surface area contributed by atoms with Crippen LogP contribution in [0.5, 0.6) is 0 Å². The number of aliphatic hydroxyl groups is 1. The molecule has 0 saturated carbocycles. The Morgan fingerprint density at radius 1 is 1.29 bits per heavy atom. The first-order chi connectivity index (χ1) is 13.1. The van der Waals surface area contributed by atoms with E-state index in [0.717, 1.165) is 12.3 Å². The quantitative estimate of drug-likeness (QED) is 0.609. The first-order valence-electron chi connectivity index (χ1n) is 8.00. The second kappa shape index (κ2) is 7.52. The maximum Gasteiger partial charge on any atom is 0.408 e. The fourth-order valence-corrected chi connectivity index (χ4v) is 3.70. The zero-order valence-corrected chi connectivity index (χ0v) is 15.1. The minimum Gasteiger partial charge on any atom is -0.394 e. The number of aromatic nitrogens is 4. The van der Waals surface area contributed by atoms with Crippen molar-refractivity contribution in [3.05, 3.63) is 29.7 Å². The predicted molar refractivity (Wildman–Crippen MR) is 85.3 cm³/mol. The van der Waals surface area contributed by atoms with Gasteiger partial charge in [0, 0.05) is 24.5 Å². The van der Waals surface area contributed by atoms with Gasteiger partial charge in [-0.3, -0.25) is 9.48 Å². The number of rotatable bonds is 7. The summed E-state index contributed by atoms with van der Waals surface area (Å²) in [7, 11) is -4.26. The summed E-state index contributed by atoms with van der Waals surface area (Å²) in [5, 5.41) is 15.5. The zero-order valence-electron chi connectivity index (χ0n) is 14.3. The molecular weight excluding hydrogens is 407 g/mol. The van der Waals surface area contributed by atoms with E-state index in [9.17, 15) is 26.4 Å². The van der Waals surface area contributed by atoms with Gasteiger partial charge < -0.3 is 14.7 Å². The first kappa shape index (κ1) is 20.3. The SMILES string of the molecule is O=C(COCCO)N1Cc2cn(S(=O)(=O)c3ccn(CC(F)(F)F)n3)nc2C1. The van der Waals surface area contributed by atoms with Gasteiger partial charge in [0.25, 0.3) is 0 Å². The molecule has 0 bridgehead atoms. The molecular formula is C14H16F3N5O5S. The molecule has 2 aromatic heterocycles. The molecule has 154 valence electrons. The van der Waals surface area contributed by atoms with Gasteiger partial charge in [0.2, 0.25) is 5.91 Å². The van der Waals surface area contributed by atoms with Crippen LogP contribution in [0.4, 0.5) is 13.2 Å². The first-order valence-corrected chi connectivity index (χ1v) is 9.44. The van der Waals surface area contributed by atoms with Crippen molar-refractivity contribution >= 4 is 15.9 Å². The number of carbonyl (C=O) groups excluding carboxylic acids is 1. The van der Waals surface area contributed by atoms with Crippen LogP contribution in [0.2, 0.25) is 0 Å². The van der Waals surface area contributed by atoms with Gasteiger partial charge >= 0.3 is 16.2 Å². The molecule has 0 aliphatic carbocycles. The summed E-state index contributed by atoms with van der Waals surface area (Å²) in [4.78, 5) is 13.4. The second-order valence-electron chi connectivity index (χ2n) is 5.97. The number of aliphatic hydroxyl groups excluding tert-OH is 1. The van der Waals surface area contributed by atoms with Crippen molar-refractivity contribution in [1.29, 1.82) is 0 Å². The Hall–Kier alpha value is -2.45. The maximum atomic E-state index is 12.5. The fourth-order valence-electron chi connectivity index (χ4n) is 2.59. The third kappa shape index (κ3) is 4.34. The number of halogens is 3. The number of fused-ring (bicyclic) bond motifs is 1. The summed E-state index contributed by atoms with van der Waals surface area (Å²) in [5.74, 6) is -0.341. The van der Waals surface area contributed by atoms with E-state index < -0.39 is 27.8 Å². The largest absolute Gasteiger partial charge is 0.408 e. The van der Waals surface area contributed by atoms with Crippen molar-refractivity contribution in [2.75, 3.05) is 19.8 Å². The molecule has 10 nitrogen and oxygen atoms in total. The molecule has 0 aromatic carbocycles. The van der Waals surface area contributed by atoms with Gasteiger partial charge in [0.15, 0.2) is 5.03 Å². The van der Waals surface area contributed by atoms with E-state index in [1.165, 1.54) is 11.1 Å². The standard InChI is InChI=1S/C14H16F3N5O5S/c15-14(16,17)9-21-2-1-12(19-21)28(25,26)22-6-10-5-20(7-11(10)18-22)13(24)8-27-4-3-23/h1-2,6,23H,3-5,7-9H2. The van der Waals surface area contributed by atoms with Crippen LogP contribution >= 0.6 is 0 Å². The van der Waals surface area contributed by atoms with Crippen molar-refractivity contribution in [2.24, 2.45) is 0 Å². The molecule has 1 N–H and O–H groups in total. The van der Waals surface area contributed by atoms with E-state index in [4.69, 9.17) is 9.84 Å². The van der Waals surface area contributed by atoms with Crippen molar-refractivity contribution in [3.63, 3.8) is 0 Å². The Kier molecular flexibility index (Phi) is 5.45. The number of carbonyl (C=O) groups is 1. The molecule has 0 unspecified atom stereocenters. The molecule has 1 aliphatic rings. The minimum absolute atomic E-state index is 0.0240. The molecule has 0 spiro atoms. The van der Waals surface area contributed by atoms with E-state index in [2.05, 4.69) is 10.2 Å². The lowest BCUT2D eigenvalue weighted by molar-refractivity contribution is -0.142. The van der Waals surface area contributed by atoms with E-state index >= 15 is 0 Å². The number of amides is 1. The van der Waals surface area contributed by atoms with Crippen LogP contribution in [0.15, 0.2) is 23.5 Å². The van der Waals surface area contributed by atoms with Crippen LogP contribution in [0.1, 0.15) is 11.3 Å². The molecule has 0 atom stereocenters. The van der Waals surface area contributed by atoms with Gasteiger partial charge in [-0.15, -0.1) is 0 Å². The second-order valence-corrected chi connectivity index (χ2v) is 7.71. The number of hydrogen-bond donors (Lipinski definition) is 1. The monoisotopic (exact) mass is 423 g/mol. The predicted octanol–water partition coefficient (Wildman–Crippen LogP) is -0.270. The third-order valence-electron chi connectivity index (χ3n) is 3.84. The topological polar surface area (TPSA) is 120 Å². The lowest BCUT2D eigenvalue weighted by Gasteiger charge is -2.15. The fraction of sp³-hybridized carbons (Fsp3) is 0.500. The molecule has 1 amide bonds. The average Bonchev–Trinajstić information content (AvgIpc) is 3.27. The lowest BCUT2D eigenvalue weighted by atomic mass is 10.3. The van der Waals surface area contributed by atoms with Gasteiger partial charge in [0.1, 0.15) is 13.2 Å². The molecule has 0 saturated heterocycles. The summed E-state index contributed by atoms with van der Waals surface area (Å²) < 4.78 is 68.3. The van der Waals surface area contributed by atoms with Gasteiger partial charge in [-0.25, -0.2) is 0 Å². The van der Waals surface area contributed by atoms with Gasteiger partial charge in [-0.05, 0) is 6.07 Å². The highest BCUT2D eigenvalue weighted by Gasteiger charge is 2.32. The van der Waals surface area contributed by atoms with Crippen LogP contribution in [0.3, 0.4) is 0 Å². The summed E-state index contributed by atoms with van der Waals surface area (Å²) >= 11 is 0. The van der Waals surface area contributed by atoms with Gasteiger partial charge in [-0.2, -0.15) is 35.9 Å². The Labute approximate surface area is 157 Å². The smallest absolute Gasteiger partial charge is 0.394 e. The summed E-state index contributed by atoms with van der Waals surface area (Å²) in [6, 6.07) is 0.961. The summed E-state index contributed by atoms with van der Waals surface area (Å²) in [6.45, 7) is -1.63. The normalized spacial score (nSPS) is 14.5. The van der Waals surface area contributed by atoms with Crippen LogP contribution in [-0.4, -0.2) is 69.3 Å². The maximum absolute atomic E-state index is 12.5. The third-order valence-corrected chi connectivity index (χ3v) is 5.27. The Balaban J connectivity index is 1.70. The number of alkyl halides is 3. The van der Waals surface area contributed by atoms with Crippen molar-refractivity contribution in [1.82, 2.24) is 23.9 Å². The van der Waals surface area contributed by atoms with E-state index in [0.29, 0.717) is 20.0 Å². The molecule has 0 fully saturated rings. The van der Waals surface area contributed by atoms with Crippen molar-refractivity contribution in [2.45, 2.75) is 30.8 Å². The number of ether oxygens (including phenoxy) is 1.